The van der Waals surface area contributed by atoms with Gasteiger partial charge in [0, 0.05) is 57.9 Å². The summed E-state index contributed by atoms with van der Waals surface area (Å²) in [7, 11) is 3.51. The van der Waals surface area contributed by atoms with Crippen LogP contribution in [0, 0.1) is 5.92 Å². The van der Waals surface area contributed by atoms with Crippen molar-refractivity contribution in [1.82, 2.24) is 5.32 Å². The Hall–Kier alpha value is -1.85. The normalized spacial score (nSPS) is 21.9. The van der Waals surface area contributed by atoms with E-state index in [1.807, 2.05) is 11.8 Å². The topological polar surface area (TPSA) is 81.7 Å². The first-order chi connectivity index (χ1) is 20.5. The van der Waals surface area contributed by atoms with Gasteiger partial charge in [0.25, 0.3) is 0 Å². The van der Waals surface area contributed by atoms with Crippen LogP contribution < -0.4 is 15.0 Å². The summed E-state index contributed by atoms with van der Waals surface area (Å²) < 4.78 is 29.3. The molecule has 4 rings (SSSR count). The van der Waals surface area contributed by atoms with Gasteiger partial charge in [0.15, 0.2) is 0 Å². The molecule has 0 saturated carbocycles. The van der Waals surface area contributed by atoms with E-state index in [-0.39, 0.29) is 18.1 Å². The van der Waals surface area contributed by atoms with Gasteiger partial charge in [0.05, 0.1) is 43.8 Å². The lowest BCUT2D eigenvalue weighted by Gasteiger charge is -2.39. The SMILES string of the molecule is COCCCN1CCOc2ccc(CO[C@H]3CNC[C@@H](OCC(C)O)[C@@H]3c3ccc(SCCC(C)COC)cc3)cc21. The third-order valence-corrected chi connectivity index (χ3v) is 8.91. The van der Waals surface area contributed by atoms with Crippen molar-refractivity contribution in [3.63, 3.8) is 0 Å². The van der Waals surface area contributed by atoms with Gasteiger partial charge < -0.3 is 39.0 Å². The predicted molar refractivity (Wildman–Crippen MR) is 169 cm³/mol. The van der Waals surface area contributed by atoms with E-state index in [0.29, 0.717) is 25.7 Å². The Kier molecular flexibility index (Phi) is 13.7. The first-order valence-electron chi connectivity index (χ1n) is 15.3. The van der Waals surface area contributed by atoms with Gasteiger partial charge in [-0.15, -0.1) is 11.8 Å². The molecule has 1 fully saturated rings. The van der Waals surface area contributed by atoms with Crippen molar-refractivity contribution in [2.24, 2.45) is 5.92 Å². The van der Waals surface area contributed by atoms with Crippen LogP contribution in [-0.2, 0) is 25.6 Å². The van der Waals surface area contributed by atoms with Crippen molar-refractivity contribution in [2.75, 3.05) is 77.5 Å². The lowest BCUT2D eigenvalue weighted by molar-refractivity contribution is -0.0752. The molecule has 1 saturated heterocycles. The maximum atomic E-state index is 9.93. The van der Waals surface area contributed by atoms with Gasteiger partial charge in [-0.25, -0.2) is 0 Å². The second-order valence-corrected chi connectivity index (χ2v) is 12.7. The molecule has 0 bridgehead atoms. The molecule has 2 aliphatic rings. The Morgan fingerprint density at radius 3 is 2.55 bits per heavy atom. The molecule has 8 nitrogen and oxygen atoms in total. The minimum absolute atomic E-state index is 0.0530. The van der Waals surface area contributed by atoms with Gasteiger partial charge in [-0.2, -0.15) is 0 Å². The van der Waals surface area contributed by atoms with Gasteiger partial charge >= 0.3 is 0 Å². The smallest absolute Gasteiger partial charge is 0.142 e. The van der Waals surface area contributed by atoms with Crippen LogP contribution in [0.3, 0.4) is 0 Å². The highest BCUT2D eigenvalue weighted by Crippen LogP contribution is 2.35. The fourth-order valence-corrected chi connectivity index (χ4v) is 6.74. The number of thioether (sulfide) groups is 1. The highest BCUT2D eigenvalue weighted by Gasteiger charge is 2.36. The number of hydrogen-bond donors (Lipinski definition) is 2. The zero-order chi connectivity index (χ0) is 29.7. The van der Waals surface area contributed by atoms with E-state index in [4.69, 9.17) is 23.7 Å². The summed E-state index contributed by atoms with van der Waals surface area (Å²) in [6.07, 6.45) is 1.41. The number of nitrogens with zero attached hydrogens (tertiary/aromatic N) is 1. The van der Waals surface area contributed by atoms with Gasteiger partial charge in [-0.1, -0.05) is 25.1 Å². The molecule has 0 aromatic heterocycles. The molecule has 2 N–H and O–H groups in total. The predicted octanol–water partition coefficient (Wildman–Crippen LogP) is 4.72. The molecular formula is C33H50N2O6S. The number of ether oxygens (including phenoxy) is 5. The van der Waals surface area contributed by atoms with Crippen LogP contribution in [0.5, 0.6) is 5.75 Å². The summed E-state index contributed by atoms with van der Waals surface area (Å²) in [5.41, 5.74) is 3.45. The van der Waals surface area contributed by atoms with Crippen LogP contribution in [0.1, 0.15) is 43.7 Å². The quantitative estimate of drug-likeness (QED) is 0.197. The van der Waals surface area contributed by atoms with Crippen molar-refractivity contribution in [1.29, 1.82) is 0 Å². The van der Waals surface area contributed by atoms with Crippen LogP contribution in [-0.4, -0.2) is 96.0 Å². The molecule has 0 radical (unpaired) electrons. The zero-order valence-corrected chi connectivity index (χ0v) is 26.6. The Morgan fingerprint density at radius 1 is 1.02 bits per heavy atom. The minimum Gasteiger partial charge on any atom is -0.490 e. The molecule has 2 aromatic carbocycles. The summed E-state index contributed by atoms with van der Waals surface area (Å²) in [5, 5.41) is 13.4. The Labute approximate surface area is 256 Å². The molecule has 0 spiro atoms. The van der Waals surface area contributed by atoms with Crippen LogP contribution >= 0.6 is 11.8 Å². The first kappa shape index (κ1) is 33.1. The molecule has 2 aliphatic heterocycles. The Morgan fingerprint density at radius 2 is 1.81 bits per heavy atom. The number of rotatable bonds is 17. The third kappa shape index (κ3) is 9.84. The summed E-state index contributed by atoms with van der Waals surface area (Å²) in [6.45, 7) is 10.3. The number of hydrogen-bond acceptors (Lipinski definition) is 9. The van der Waals surface area contributed by atoms with Gasteiger partial charge in [-0.3, -0.25) is 0 Å². The van der Waals surface area contributed by atoms with E-state index in [9.17, 15) is 5.11 Å². The molecule has 9 heteroatoms. The first-order valence-corrected chi connectivity index (χ1v) is 16.3. The summed E-state index contributed by atoms with van der Waals surface area (Å²) >= 11 is 1.89. The maximum Gasteiger partial charge on any atom is 0.142 e. The highest BCUT2D eigenvalue weighted by molar-refractivity contribution is 7.99. The van der Waals surface area contributed by atoms with Crippen LogP contribution in [0.2, 0.25) is 0 Å². The Bertz CT molecular complexity index is 1060. The molecule has 5 atom stereocenters. The standard InChI is InChI=1S/C33H50N2O6S/c1-24(21-38-4)12-17-42-28-9-7-27(8-10-28)33-31(40-22-25(2)36)19-34-20-32(33)41-23-26-6-11-30-29(18-26)35(14-16-39-30)13-5-15-37-3/h6-11,18,24-25,31-34,36H,5,12-17,19-23H2,1-4H3/t24?,25?,31-,32+,33+/m1/s1. The number of piperidine rings is 1. The van der Waals surface area contributed by atoms with E-state index in [1.54, 1.807) is 21.1 Å². The molecule has 234 valence electrons. The van der Waals surface area contributed by atoms with Crippen LogP contribution in [0.4, 0.5) is 5.69 Å². The third-order valence-electron chi connectivity index (χ3n) is 7.86. The fraction of sp³-hybridized carbons (Fsp3) is 0.636. The molecule has 42 heavy (non-hydrogen) atoms. The highest BCUT2D eigenvalue weighted by atomic mass is 32.2. The van der Waals surface area contributed by atoms with E-state index < -0.39 is 6.10 Å². The fourth-order valence-electron chi connectivity index (χ4n) is 5.65. The monoisotopic (exact) mass is 602 g/mol. The minimum atomic E-state index is -0.518. The number of aliphatic hydroxyl groups excluding tert-OH is 1. The number of nitrogens with one attached hydrogen (secondary N) is 1. The van der Waals surface area contributed by atoms with Crippen molar-refractivity contribution >= 4 is 17.4 Å². The summed E-state index contributed by atoms with van der Waals surface area (Å²) in [4.78, 5) is 3.65. The van der Waals surface area contributed by atoms with Crippen LogP contribution in [0.15, 0.2) is 47.4 Å². The Balaban J connectivity index is 1.44. The summed E-state index contributed by atoms with van der Waals surface area (Å²) in [5.74, 6) is 2.61. The number of fused-ring (bicyclic) bond motifs is 1. The average Bonchev–Trinajstić information content (AvgIpc) is 2.99. The molecule has 2 unspecified atom stereocenters. The second-order valence-electron chi connectivity index (χ2n) is 11.5. The zero-order valence-electron chi connectivity index (χ0n) is 25.8. The van der Waals surface area contributed by atoms with Crippen molar-refractivity contribution in [3.05, 3.63) is 53.6 Å². The van der Waals surface area contributed by atoms with Gasteiger partial charge in [-0.05, 0) is 66.8 Å². The second kappa shape index (κ2) is 17.4. The van der Waals surface area contributed by atoms with Crippen molar-refractivity contribution in [3.8, 4) is 5.75 Å². The van der Waals surface area contributed by atoms with Crippen LogP contribution in [0.25, 0.3) is 0 Å². The van der Waals surface area contributed by atoms with E-state index >= 15 is 0 Å². The molecule has 0 aliphatic carbocycles. The van der Waals surface area contributed by atoms with Crippen molar-refractivity contribution in [2.45, 2.75) is 62.4 Å². The lowest BCUT2D eigenvalue weighted by Crippen LogP contribution is -2.51. The maximum absolute atomic E-state index is 9.93. The summed E-state index contributed by atoms with van der Waals surface area (Å²) in [6, 6.07) is 15.2. The van der Waals surface area contributed by atoms with Gasteiger partial charge in [0.1, 0.15) is 12.4 Å². The number of aliphatic hydroxyl groups is 1. The number of methoxy groups -OCH3 is 2. The molecule has 2 heterocycles. The number of anilines is 1. The molecular weight excluding hydrogens is 552 g/mol. The van der Waals surface area contributed by atoms with Crippen molar-refractivity contribution < 1.29 is 28.8 Å². The van der Waals surface area contributed by atoms with E-state index in [2.05, 4.69) is 59.6 Å². The molecule has 2 aromatic rings. The van der Waals surface area contributed by atoms with E-state index in [1.165, 1.54) is 10.5 Å². The van der Waals surface area contributed by atoms with E-state index in [0.717, 1.165) is 75.0 Å². The molecule has 0 amide bonds. The average molecular weight is 603 g/mol. The largest absolute Gasteiger partial charge is 0.490 e. The number of benzene rings is 2. The lowest BCUT2D eigenvalue weighted by atomic mass is 9.85. The van der Waals surface area contributed by atoms with Gasteiger partial charge in [0.2, 0.25) is 0 Å².